The first-order valence-electron chi connectivity index (χ1n) is 3.71. The van der Waals surface area contributed by atoms with Gasteiger partial charge in [0.1, 0.15) is 0 Å². The molecule has 0 aromatic carbocycles. The first kappa shape index (κ1) is 7.37. The number of rotatable bonds is 2. The Hall–Kier alpha value is -0.740. The van der Waals surface area contributed by atoms with Crippen molar-refractivity contribution in [2.45, 2.75) is 25.8 Å². The normalized spacial score (nSPS) is 16.9. The predicted molar refractivity (Wildman–Crippen MR) is 43.6 cm³/mol. The van der Waals surface area contributed by atoms with Gasteiger partial charge in [0.2, 0.25) is 0 Å². The molecule has 0 atom stereocenters. The van der Waals surface area contributed by atoms with Gasteiger partial charge in [-0.3, -0.25) is 0 Å². The summed E-state index contributed by atoms with van der Waals surface area (Å²) in [6.45, 7) is 2.71. The molecule has 1 rings (SSSR count). The lowest BCUT2D eigenvalue weighted by Crippen LogP contribution is -2.26. The zero-order valence-corrected chi connectivity index (χ0v) is 6.35. The van der Waals surface area contributed by atoms with Crippen LogP contribution in [0.3, 0.4) is 0 Å². The van der Waals surface area contributed by atoms with Gasteiger partial charge in [0.15, 0.2) is 0 Å². The summed E-state index contributed by atoms with van der Waals surface area (Å²) in [7, 11) is 0. The van der Waals surface area contributed by atoms with Crippen molar-refractivity contribution < 1.29 is 0 Å². The van der Waals surface area contributed by atoms with Gasteiger partial charge in [0.05, 0.1) is 6.54 Å². The molecule has 0 amide bonds. The molecule has 1 N–H and O–H groups in total. The molecule has 0 bridgehead atoms. The summed E-state index contributed by atoms with van der Waals surface area (Å²) < 4.78 is 0. The number of nitrogens with one attached hydrogen (secondary N) is 1. The molecule has 0 unspecified atom stereocenters. The van der Waals surface area contributed by atoms with Gasteiger partial charge >= 0.3 is 0 Å². The van der Waals surface area contributed by atoms with Crippen LogP contribution in [0.1, 0.15) is 19.8 Å². The number of hydrogen-bond acceptors (Lipinski definition) is 1. The Kier molecular flexibility index (Phi) is 3.05. The van der Waals surface area contributed by atoms with E-state index in [0.717, 1.165) is 6.54 Å². The van der Waals surface area contributed by atoms with E-state index in [1.165, 1.54) is 12.8 Å². The minimum atomic E-state index is 0.654. The van der Waals surface area contributed by atoms with Gasteiger partial charge in [-0.25, -0.2) is 0 Å². The van der Waals surface area contributed by atoms with Gasteiger partial charge in [-0.2, -0.15) is 0 Å². The smallest absolute Gasteiger partial charge is 0.0578 e. The van der Waals surface area contributed by atoms with Crippen LogP contribution in [0.15, 0.2) is 12.2 Å². The molecule has 0 radical (unpaired) electrons. The number of hydrogen-bond donors (Lipinski definition) is 1. The van der Waals surface area contributed by atoms with Crippen LogP contribution in [0.2, 0.25) is 0 Å². The summed E-state index contributed by atoms with van der Waals surface area (Å²) in [5.74, 6) is 5.84. The second-order valence-corrected chi connectivity index (χ2v) is 2.45. The fraction of sp³-hybridized carbons (Fsp3) is 0.556. The molecule has 0 saturated carbocycles. The van der Waals surface area contributed by atoms with Gasteiger partial charge in [-0.05, 0) is 19.8 Å². The van der Waals surface area contributed by atoms with Gasteiger partial charge in [0.25, 0.3) is 0 Å². The summed E-state index contributed by atoms with van der Waals surface area (Å²) in [5, 5.41) is 3.35. The van der Waals surface area contributed by atoms with Crippen molar-refractivity contribution >= 4 is 0 Å². The summed E-state index contributed by atoms with van der Waals surface area (Å²) in [6, 6.07) is 0.654. The van der Waals surface area contributed by atoms with E-state index in [-0.39, 0.29) is 0 Å². The fourth-order valence-electron chi connectivity index (χ4n) is 1.07. The Labute approximate surface area is 62.5 Å². The average molecular weight is 135 g/mol. The van der Waals surface area contributed by atoms with Crippen molar-refractivity contribution in [1.29, 1.82) is 0 Å². The predicted octanol–water partition coefficient (Wildman–Crippen LogP) is 1.32. The quantitative estimate of drug-likeness (QED) is 0.445. The van der Waals surface area contributed by atoms with Crippen LogP contribution >= 0.6 is 0 Å². The van der Waals surface area contributed by atoms with E-state index in [0.29, 0.717) is 6.04 Å². The summed E-state index contributed by atoms with van der Waals surface area (Å²) >= 11 is 0. The zero-order valence-electron chi connectivity index (χ0n) is 6.35. The second kappa shape index (κ2) is 4.14. The van der Waals surface area contributed by atoms with E-state index in [1.54, 1.807) is 0 Å². The van der Waals surface area contributed by atoms with E-state index in [9.17, 15) is 0 Å². The van der Waals surface area contributed by atoms with E-state index in [4.69, 9.17) is 0 Å². The van der Waals surface area contributed by atoms with Crippen molar-refractivity contribution in [2.24, 2.45) is 0 Å². The summed E-state index contributed by atoms with van der Waals surface area (Å²) in [6.07, 6.45) is 6.78. The van der Waals surface area contributed by atoms with Crippen molar-refractivity contribution in [1.82, 2.24) is 5.32 Å². The second-order valence-electron chi connectivity index (χ2n) is 2.45. The molecule has 1 aliphatic rings. The van der Waals surface area contributed by atoms with Crippen LogP contribution < -0.4 is 5.32 Å². The lowest BCUT2D eigenvalue weighted by atomic mass is 10.2. The molecule has 0 aromatic heterocycles. The van der Waals surface area contributed by atoms with Gasteiger partial charge in [0, 0.05) is 6.04 Å². The van der Waals surface area contributed by atoms with Crippen LogP contribution in [0.4, 0.5) is 0 Å². The molecular formula is C9H13N. The highest BCUT2D eigenvalue weighted by Gasteiger charge is 2.06. The van der Waals surface area contributed by atoms with Gasteiger partial charge < -0.3 is 5.32 Å². The Morgan fingerprint density at radius 2 is 2.20 bits per heavy atom. The maximum atomic E-state index is 3.35. The van der Waals surface area contributed by atoms with Crippen LogP contribution in [0.5, 0.6) is 0 Å². The molecule has 0 heterocycles. The molecule has 10 heavy (non-hydrogen) atoms. The lowest BCUT2D eigenvalue weighted by Gasteiger charge is -2.07. The molecule has 54 valence electrons. The molecule has 1 nitrogen and oxygen atoms in total. The van der Waals surface area contributed by atoms with Crippen LogP contribution in [0.25, 0.3) is 0 Å². The Morgan fingerprint density at radius 1 is 1.50 bits per heavy atom. The minimum absolute atomic E-state index is 0.654. The highest BCUT2D eigenvalue weighted by atomic mass is 14.9. The zero-order chi connectivity index (χ0) is 7.23. The van der Waals surface area contributed by atoms with Gasteiger partial charge in [-0.1, -0.05) is 18.1 Å². The Morgan fingerprint density at radius 3 is 2.80 bits per heavy atom. The third-order valence-electron chi connectivity index (χ3n) is 1.66. The van der Waals surface area contributed by atoms with E-state index < -0.39 is 0 Å². The molecule has 0 spiro atoms. The Balaban J connectivity index is 2.07. The highest BCUT2D eigenvalue weighted by Crippen LogP contribution is 2.07. The van der Waals surface area contributed by atoms with E-state index in [2.05, 4.69) is 29.3 Å². The van der Waals surface area contributed by atoms with Gasteiger partial charge in [-0.15, -0.1) is 5.92 Å². The standard InChI is InChI=1S/C9H13N/c1-2-3-8-10-9-6-4-5-7-9/h4-5,9-10H,6-8H2,1H3. The van der Waals surface area contributed by atoms with Crippen molar-refractivity contribution in [3.63, 3.8) is 0 Å². The molecule has 0 fully saturated rings. The maximum Gasteiger partial charge on any atom is 0.0578 e. The molecule has 1 aliphatic carbocycles. The third-order valence-corrected chi connectivity index (χ3v) is 1.66. The third kappa shape index (κ3) is 2.24. The molecular weight excluding hydrogens is 122 g/mol. The summed E-state index contributed by atoms with van der Waals surface area (Å²) in [5.41, 5.74) is 0. The minimum Gasteiger partial charge on any atom is -0.303 e. The first-order valence-corrected chi connectivity index (χ1v) is 3.71. The average Bonchev–Trinajstić information content (AvgIpc) is 2.41. The maximum absolute atomic E-state index is 3.35. The lowest BCUT2D eigenvalue weighted by molar-refractivity contribution is 0.578. The van der Waals surface area contributed by atoms with Crippen molar-refractivity contribution in [2.75, 3.05) is 6.54 Å². The van der Waals surface area contributed by atoms with E-state index >= 15 is 0 Å². The largest absolute Gasteiger partial charge is 0.303 e. The van der Waals surface area contributed by atoms with Crippen LogP contribution in [0, 0.1) is 11.8 Å². The SMILES string of the molecule is CC#CCNC1CC=CC1. The molecule has 1 heteroatoms. The highest BCUT2D eigenvalue weighted by molar-refractivity contribution is 5.02. The summed E-state index contributed by atoms with van der Waals surface area (Å²) in [4.78, 5) is 0. The van der Waals surface area contributed by atoms with Crippen LogP contribution in [-0.4, -0.2) is 12.6 Å². The monoisotopic (exact) mass is 135 g/mol. The fourth-order valence-corrected chi connectivity index (χ4v) is 1.07. The Bertz CT molecular complexity index is 163. The van der Waals surface area contributed by atoms with Crippen molar-refractivity contribution in [3.05, 3.63) is 12.2 Å². The molecule has 0 aromatic rings. The molecule has 0 aliphatic heterocycles. The van der Waals surface area contributed by atoms with Crippen LogP contribution in [-0.2, 0) is 0 Å². The first-order chi connectivity index (χ1) is 4.93. The topological polar surface area (TPSA) is 12.0 Å². The molecule has 0 saturated heterocycles. The van der Waals surface area contributed by atoms with E-state index in [1.807, 2.05) is 6.92 Å². The van der Waals surface area contributed by atoms with Crippen molar-refractivity contribution in [3.8, 4) is 11.8 Å².